The lowest BCUT2D eigenvalue weighted by Gasteiger charge is -2.12. The van der Waals surface area contributed by atoms with Crippen LogP contribution < -0.4 is 20.1 Å². The van der Waals surface area contributed by atoms with Gasteiger partial charge in [-0.2, -0.15) is 0 Å². The van der Waals surface area contributed by atoms with Crippen molar-refractivity contribution in [3.8, 4) is 11.5 Å². The minimum Gasteiger partial charge on any atom is -0.497 e. The molecule has 0 aliphatic carbocycles. The lowest BCUT2D eigenvalue weighted by Crippen LogP contribution is -2.39. The minimum absolute atomic E-state index is 0. The van der Waals surface area contributed by atoms with Gasteiger partial charge >= 0.3 is 0 Å². The standard InChI is InChI=1S/C21H29N3O3.HI/c1-4-22-21(24-15-17-6-5-7-18(14-17)16-25-2)23-12-13-27-20-10-8-19(26-3)9-11-20;/h5-11,14H,4,12-13,15-16H2,1-3H3,(H2,22,23,24);1H. The molecule has 0 fully saturated rings. The van der Waals surface area contributed by atoms with Gasteiger partial charge in [0.25, 0.3) is 0 Å². The van der Waals surface area contributed by atoms with Crippen LogP contribution in [0.5, 0.6) is 11.5 Å². The van der Waals surface area contributed by atoms with Crippen molar-refractivity contribution < 1.29 is 14.2 Å². The van der Waals surface area contributed by atoms with Gasteiger partial charge in [-0.3, -0.25) is 0 Å². The van der Waals surface area contributed by atoms with E-state index in [1.54, 1.807) is 14.2 Å². The zero-order valence-corrected chi connectivity index (χ0v) is 19.1. The first-order valence-electron chi connectivity index (χ1n) is 9.11. The van der Waals surface area contributed by atoms with Crippen LogP contribution in [-0.2, 0) is 17.9 Å². The minimum atomic E-state index is 0. The Hall–Kier alpha value is -2.00. The third-order valence-electron chi connectivity index (χ3n) is 3.79. The van der Waals surface area contributed by atoms with Crippen LogP contribution in [0.1, 0.15) is 18.1 Å². The van der Waals surface area contributed by atoms with Gasteiger partial charge in [0.15, 0.2) is 5.96 Å². The van der Waals surface area contributed by atoms with Gasteiger partial charge in [-0.1, -0.05) is 24.3 Å². The zero-order valence-electron chi connectivity index (χ0n) is 16.7. The molecule has 2 aromatic rings. The molecule has 0 radical (unpaired) electrons. The summed E-state index contributed by atoms with van der Waals surface area (Å²) in [6.07, 6.45) is 0. The predicted molar refractivity (Wildman–Crippen MR) is 124 cm³/mol. The molecule has 6 nitrogen and oxygen atoms in total. The second-order valence-corrected chi connectivity index (χ2v) is 5.90. The van der Waals surface area contributed by atoms with Crippen molar-refractivity contribution in [1.82, 2.24) is 10.6 Å². The first kappa shape index (κ1) is 24.0. The van der Waals surface area contributed by atoms with E-state index in [1.165, 1.54) is 0 Å². The predicted octanol–water partition coefficient (Wildman–Crippen LogP) is 3.59. The molecule has 154 valence electrons. The number of hydrogen-bond donors (Lipinski definition) is 2. The molecule has 7 heteroatoms. The smallest absolute Gasteiger partial charge is 0.191 e. The number of nitrogens with one attached hydrogen (secondary N) is 2. The van der Waals surface area contributed by atoms with Crippen molar-refractivity contribution in [1.29, 1.82) is 0 Å². The molecule has 0 unspecified atom stereocenters. The Balaban J connectivity index is 0.00000392. The van der Waals surface area contributed by atoms with Crippen LogP contribution in [0.2, 0.25) is 0 Å². The van der Waals surface area contributed by atoms with Gasteiger partial charge in [0.2, 0.25) is 0 Å². The van der Waals surface area contributed by atoms with Crippen molar-refractivity contribution in [2.24, 2.45) is 4.99 Å². The maximum Gasteiger partial charge on any atom is 0.191 e. The number of hydrogen-bond acceptors (Lipinski definition) is 4. The first-order valence-corrected chi connectivity index (χ1v) is 9.11. The lowest BCUT2D eigenvalue weighted by molar-refractivity contribution is 0.185. The molecular formula is C21H30IN3O3. The number of aliphatic imine (C=N–C) groups is 1. The van der Waals surface area contributed by atoms with Crippen molar-refractivity contribution in [3.05, 3.63) is 59.7 Å². The van der Waals surface area contributed by atoms with E-state index in [0.717, 1.165) is 35.1 Å². The van der Waals surface area contributed by atoms with Gasteiger partial charge in [-0.25, -0.2) is 4.99 Å². The van der Waals surface area contributed by atoms with Crippen LogP contribution in [0, 0.1) is 0 Å². The highest BCUT2D eigenvalue weighted by Gasteiger charge is 2.00. The van der Waals surface area contributed by atoms with E-state index in [-0.39, 0.29) is 24.0 Å². The van der Waals surface area contributed by atoms with Crippen LogP contribution in [0.4, 0.5) is 0 Å². The second kappa shape index (κ2) is 14.1. The van der Waals surface area contributed by atoms with Gasteiger partial charge in [-0.05, 0) is 42.3 Å². The van der Waals surface area contributed by atoms with E-state index in [9.17, 15) is 0 Å². The highest BCUT2D eigenvalue weighted by Crippen LogP contribution is 2.16. The van der Waals surface area contributed by atoms with Crippen molar-refractivity contribution in [2.75, 3.05) is 33.9 Å². The maximum atomic E-state index is 5.72. The Kier molecular flexibility index (Phi) is 12.1. The average molecular weight is 499 g/mol. The van der Waals surface area contributed by atoms with Gasteiger partial charge in [0.1, 0.15) is 18.1 Å². The topological polar surface area (TPSA) is 64.1 Å². The summed E-state index contributed by atoms with van der Waals surface area (Å²) in [5.74, 6) is 2.40. The normalized spacial score (nSPS) is 10.8. The number of halogens is 1. The highest BCUT2D eigenvalue weighted by atomic mass is 127. The summed E-state index contributed by atoms with van der Waals surface area (Å²) in [6, 6.07) is 15.8. The third-order valence-corrected chi connectivity index (χ3v) is 3.79. The fourth-order valence-corrected chi connectivity index (χ4v) is 2.51. The van der Waals surface area contributed by atoms with Gasteiger partial charge in [0.05, 0.1) is 26.8 Å². The molecule has 0 aliphatic heterocycles. The molecule has 0 atom stereocenters. The van der Waals surface area contributed by atoms with Crippen molar-refractivity contribution in [3.63, 3.8) is 0 Å². The van der Waals surface area contributed by atoms with Crippen LogP contribution in [0.3, 0.4) is 0 Å². The number of ether oxygens (including phenoxy) is 3. The summed E-state index contributed by atoms with van der Waals surface area (Å²) >= 11 is 0. The molecule has 0 heterocycles. The molecular weight excluding hydrogens is 469 g/mol. The summed E-state index contributed by atoms with van der Waals surface area (Å²) in [5, 5.41) is 6.54. The fraction of sp³-hybridized carbons (Fsp3) is 0.381. The molecule has 28 heavy (non-hydrogen) atoms. The number of nitrogens with zero attached hydrogens (tertiary/aromatic N) is 1. The number of methoxy groups -OCH3 is 2. The maximum absolute atomic E-state index is 5.72. The average Bonchev–Trinajstić information content (AvgIpc) is 2.70. The Bertz CT molecular complexity index is 708. The fourth-order valence-electron chi connectivity index (χ4n) is 2.51. The molecule has 0 aromatic heterocycles. The van der Waals surface area contributed by atoms with E-state index in [2.05, 4.69) is 33.8 Å². The van der Waals surface area contributed by atoms with Crippen molar-refractivity contribution in [2.45, 2.75) is 20.1 Å². The highest BCUT2D eigenvalue weighted by molar-refractivity contribution is 14.0. The molecule has 0 saturated heterocycles. The molecule has 2 rings (SSSR count). The monoisotopic (exact) mass is 499 g/mol. The third kappa shape index (κ3) is 8.79. The van der Waals surface area contributed by atoms with Crippen molar-refractivity contribution >= 4 is 29.9 Å². The van der Waals surface area contributed by atoms with Crippen LogP contribution in [0.25, 0.3) is 0 Å². The van der Waals surface area contributed by atoms with E-state index in [0.29, 0.717) is 26.3 Å². The van der Waals surface area contributed by atoms with E-state index in [4.69, 9.17) is 14.2 Å². The zero-order chi connectivity index (χ0) is 19.3. The molecule has 2 aromatic carbocycles. The van der Waals surface area contributed by atoms with E-state index >= 15 is 0 Å². The molecule has 0 amide bonds. The van der Waals surface area contributed by atoms with Crippen LogP contribution in [0.15, 0.2) is 53.5 Å². The summed E-state index contributed by atoms with van der Waals surface area (Å²) < 4.78 is 16.0. The second-order valence-electron chi connectivity index (χ2n) is 5.90. The summed E-state index contributed by atoms with van der Waals surface area (Å²) in [7, 11) is 3.35. The van der Waals surface area contributed by atoms with Gasteiger partial charge in [0, 0.05) is 13.7 Å². The molecule has 0 spiro atoms. The van der Waals surface area contributed by atoms with E-state index < -0.39 is 0 Å². The summed E-state index contributed by atoms with van der Waals surface area (Å²) in [5.41, 5.74) is 2.30. The quantitative estimate of drug-likeness (QED) is 0.227. The molecule has 0 bridgehead atoms. The van der Waals surface area contributed by atoms with Gasteiger partial charge in [-0.15, -0.1) is 24.0 Å². The number of guanidine groups is 1. The molecule has 2 N–H and O–H groups in total. The Morgan fingerprint density at radius 1 is 0.964 bits per heavy atom. The SMILES string of the molecule is CCNC(=NCc1cccc(COC)c1)NCCOc1ccc(OC)cc1.I. The Morgan fingerprint density at radius 3 is 2.36 bits per heavy atom. The van der Waals surface area contributed by atoms with Crippen LogP contribution in [-0.4, -0.2) is 39.9 Å². The first-order chi connectivity index (χ1) is 13.2. The largest absolute Gasteiger partial charge is 0.497 e. The summed E-state index contributed by atoms with van der Waals surface area (Å²) in [4.78, 5) is 4.63. The van der Waals surface area contributed by atoms with Gasteiger partial charge < -0.3 is 24.8 Å². The number of benzene rings is 2. The lowest BCUT2D eigenvalue weighted by atomic mass is 10.1. The van der Waals surface area contributed by atoms with Crippen LogP contribution >= 0.6 is 24.0 Å². The summed E-state index contributed by atoms with van der Waals surface area (Å²) in [6.45, 7) is 5.26. The molecule has 0 aliphatic rings. The Morgan fingerprint density at radius 2 is 1.68 bits per heavy atom. The number of rotatable bonds is 10. The Labute approximate surface area is 184 Å². The van der Waals surface area contributed by atoms with E-state index in [1.807, 2.05) is 37.3 Å². The molecule has 0 saturated carbocycles.